The van der Waals surface area contributed by atoms with Crippen molar-refractivity contribution in [2.24, 2.45) is 5.92 Å². The van der Waals surface area contributed by atoms with Gasteiger partial charge < -0.3 is 14.4 Å². The molecule has 9 heteroatoms. The molecule has 1 aliphatic rings. The maximum Gasteiger partial charge on any atom is 0.309 e. The second kappa shape index (κ2) is 11.5. The average molecular weight is 489 g/mol. The van der Waals surface area contributed by atoms with Crippen LogP contribution in [0.25, 0.3) is 0 Å². The number of methoxy groups -OCH3 is 1. The van der Waals surface area contributed by atoms with Crippen LogP contribution in [0.2, 0.25) is 0 Å². The number of rotatable bonds is 9. The molecule has 0 spiro atoms. The van der Waals surface area contributed by atoms with Crippen LogP contribution >= 0.6 is 0 Å². The minimum absolute atomic E-state index is 0.0275. The molecule has 0 aliphatic carbocycles. The zero-order valence-corrected chi connectivity index (χ0v) is 20.7. The molecule has 1 aliphatic heterocycles. The largest absolute Gasteiger partial charge is 0.495 e. The van der Waals surface area contributed by atoms with E-state index in [0.29, 0.717) is 32.5 Å². The quantitative estimate of drug-likeness (QED) is 0.504. The Morgan fingerprint density at radius 1 is 1.09 bits per heavy atom. The second-order valence-electron chi connectivity index (χ2n) is 8.32. The first-order valence-corrected chi connectivity index (χ1v) is 12.8. The van der Waals surface area contributed by atoms with Gasteiger partial charge in [0.2, 0.25) is 15.9 Å². The number of hydrogen-bond donors (Lipinski definition) is 0. The Hall–Kier alpha value is -2.91. The molecule has 0 bridgehead atoms. The number of likely N-dealkylation sites (tertiary alicyclic amines) is 1. The number of amides is 1. The SMILES string of the molecule is CCOC(=O)C1CCN(C(=O)CN(Cc2ccccc2)S(=O)(=O)c2cc(C)ccc2OC)CC1. The van der Waals surface area contributed by atoms with E-state index < -0.39 is 10.0 Å². The number of carbonyl (C=O) groups excluding carboxylic acids is 2. The number of nitrogens with zero attached hydrogens (tertiary/aromatic N) is 2. The molecule has 2 aromatic carbocycles. The molecule has 0 atom stereocenters. The van der Waals surface area contributed by atoms with Crippen molar-refractivity contribution < 1.29 is 27.5 Å². The van der Waals surface area contributed by atoms with Crippen molar-refractivity contribution in [3.8, 4) is 5.75 Å². The third kappa shape index (κ3) is 6.15. The van der Waals surface area contributed by atoms with E-state index in [1.807, 2.05) is 30.3 Å². The first kappa shape index (κ1) is 25.7. The van der Waals surface area contributed by atoms with Gasteiger partial charge in [-0.1, -0.05) is 36.4 Å². The van der Waals surface area contributed by atoms with E-state index in [2.05, 4.69) is 0 Å². The van der Waals surface area contributed by atoms with Crippen molar-refractivity contribution in [3.63, 3.8) is 0 Å². The zero-order chi connectivity index (χ0) is 24.7. The van der Waals surface area contributed by atoms with Gasteiger partial charge in [0.25, 0.3) is 0 Å². The molecule has 8 nitrogen and oxygen atoms in total. The maximum atomic E-state index is 13.7. The molecule has 0 aromatic heterocycles. The summed E-state index contributed by atoms with van der Waals surface area (Å²) in [6.07, 6.45) is 1.00. The maximum absolute atomic E-state index is 13.7. The van der Waals surface area contributed by atoms with E-state index in [4.69, 9.17) is 9.47 Å². The minimum Gasteiger partial charge on any atom is -0.495 e. The fourth-order valence-corrected chi connectivity index (χ4v) is 5.63. The van der Waals surface area contributed by atoms with Crippen molar-refractivity contribution in [2.45, 2.75) is 38.1 Å². The standard InChI is InChI=1S/C25H32N2O6S/c1-4-33-25(29)21-12-14-26(15-13-21)24(28)18-27(17-20-8-6-5-7-9-20)34(30,31)23-16-19(2)10-11-22(23)32-3/h5-11,16,21H,4,12-15,17-18H2,1-3H3. The molecule has 184 valence electrons. The molecule has 0 radical (unpaired) electrons. The van der Waals surface area contributed by atoms with Crippen molar-refractivity contribution in [3.05, 3.63) is 59.7 Å². The number of benzene rings is 2. The van der Waals surface area contributed by atoms with Gasteiger partial charge in [0.05, 0.1) is 26.2 Å². The van der Waals surface area contributed by atoms with E-state index in [0.717, 1.165) is 11.1 Å². The van der Waals surface area contributed by atoms with Gasteiger partial charge in [0.15, 0.2) is 0 Å². The van der Waals surface area contributed by atoms with Gasteiger partial charge in [-0.15, -0.1) is 0 Å². The molecular weight excluding hydrogens is 456 g/mol. The first-order valence-electron chi connectivity index (χ1n) is 11.4. The summed E-state index contributed by atoms with van der Waals surface area (Å²) >= 11 is 0. The van der Waals surface area contributed by atoms with E-state index in [-0.39, 0.29) is 41.5 Å². The van der Waals surface area contributed by atoms with Crippen LogP contribution < -0.4 is 4.74 Å². The van der Waals surface area contributed by atoms with E-state index >= 15 is 0 Å². The number of hydrogen-bond acceptors (Lipinski definition) is 6. The third-order valence-corrected chi connectivity index (χ3v) is 7.73. The van der Waals surface area contributed by atoms with Gasteiger partial charge in [0.1, 0.15) is 10.6 Å². The zero-order valence-electron chi connectivity index (χ0n) is 19.9. The lowest BCUT2D eigenvalue weighted by Crippen LogP contribution is -2.46. The fourth-order valence-electron chi connectivity index (χ4n) is 4.01. The molecule has 3 rings (SSSR count). The second-order valence-corrected chi connectivity index (χ2v) is 10.2. The van der Waals surface area contributed by atoms with E-state index in [1.54, 1.807) is 36.9 Å². The van der Waals surface area contributed by atoms with Crippen molar-refractivity contribution >= 4 is 21.9 Å². The lowest BCUT2D eigenvalue weighted by molar-refractivity contribution is -0.151. The fraction of sp³-hybridized carbons (Fsp3) is 0.440. The minimum atomic E-state index is -4.04. The van der Waals surface area contributed by atoms with E-state index in [1.165, 1.54) is 11.4 Å². The summed E-state index contributed by atoms with van der Waals surface area (Å²) in [6, 6.07) is 14.1. The predicted molar refractivity (Wildman–Crippen MR) is 128 cm³/mol. The van der Waals surface area contributed by atoms with Crippen LogP contribution in [-0.2, 0) is 30.9 Å². The summed E-state index contributed by atoms with van der Waals surface area (Å²) in [4.78, 5) is 26.8. The van der Waals surface area contributed by atoms with E-state index in [9.17, 15) is 18.0 Å². The molecule has 1 saturated heterocycles. The molecule has 2 aromatic rings. The smallest absolute Gasteiger partial charge is 0.309 e. The molecule has 0 saturated carbocycles. The highest BCUT2D eigenvalue weighted by atomic mass is 32.2. The Morgan fingerprint density at radius 2 is 1.76 bits per heavy atom. The molecule has 0 unspecified atom stereocenters. The van der Waals surface area contributed by atoms with Crippen LogP contribution in [0.3, 0.4) is 0 Å². The highest BCUT2D eigenvalue weighted by Gasteiger charge is 2.33. The van der Waals surface area contributed by atoms with Gasteiger partial charge in [-0.3, -0.25) is 9.59 Å². The van der Waals surface area contributed by atoms with Crippen LogP contribution in [0.4, 0.5) is 0 Å². The average Bonchev–Trinajstić information content (AvgIpc) is 2.84. The van der Waals surface area contributed by atoms with Crippen molar-refractivity contribution in [2.75, 3.05) is 33.4 Å². The van der Waals surface area contributed by atoms with Crippen LogP contribution in [-0.4, -0.2) is 62.9 Å². The number of esters is 1. The van der Waals surface area contributed by atoms with Gasteiger partial charge in [-0.25, -0.2) is 8.42 Å². The Balaban J connectivity index is 1.82. The van der Waals surface area contributed by atoms with Gasteiger partial charge in [-0.2, -0.15) is 4.31 Å². The van der Waals surface area contributed by atoms with Crippen LogP contribution in [0.5, 0.6) is 5.75 Å². The number of sulfonamides is 1. The highest BCUT2D eigenvalue weighted by Crippen LogP contribution is 2.29. The summed E-state index contributed by atoms with van der Waals surface area (Å²) in [5.41, 5.74) is 1.54. The van der Waals surface area contributed by atoms with Gasteiger partial charge in [0, 0.05) is 19.6 Å². The van der Waals surface area contributed by atoms with Gasteiger partial charge >= 0.3 is 5.97 Å². The summed E-state index contributed by atoms with van der Waals surface area (Å²) in [7, 11) is -2.62. The van der Waals surface area contributed by atoms with Crippen molar-refractivity contribution in [1.82, 2.24) is 9.21 Å². The van der Waals surface area contributed by atoms with Crippen LogP contribution in [0, 0.1) is 12.8 Å². The monoisotopic (exact) mass is 488 g/mol. The van der Waals surface area contributed by atoms with Crippen LogP contribution in [0.15, 0.2) is 53.4 Å². The molecule has 1 heterocycles. The lowest BCUT2D eigenvalue weighted by atomic mass is 9.97. The number of piperidine rings is 1. The number of carbonyl (C=O) groups is 2. The predicted octanol–water partition coefficient (Wildman–Crippen LogP) is 3.00. The Labute approximate surface area is 201 Å². The Bertz CT molecular complexity index is 1100. The molecule has 1 amide bonds. The summed E-state index contributed by atoms with van der Waals surface area (Å²) in [5, 5.41) is 0. The normalized spacial score (nSPS) is 14.8. The Morgan fingerprint density at radius 3 is 2.38 bits per heavy atom. The molecule has 1 fully saturated rings. The molecule has 34 heavy (non-hydrogen) atoms. The van der Waals surface area contributed by atoms with Gasteiger partial charge in [-0.05, 0) is 49.9 Å². The third-order valence-electron chi connectivity index (χ3n) is 5.92. The lowest BCUT2D eigenvalue weighted by Gasteiger charge is -2.32. The highest BCUT2D eigenvalue weighted by molar-refractivity contribution is 7.89. The van der Waals surface area contributed by atoms with Crippen molar-refractivity contribution in [1.29, 1.82) is 0 Å². The summed E-state index contributed by atoms with van der Waals surface area (Å²) in [6.45, 7) is 4.40. The Kier molecular flexibility index (Phi) is 8.68. The number of aryl methyl sites for hydroxylation is 1. The first-order chi connectivity index (χ1) is 16.3. The molecular formula is C25H32N2O6S. The summed E-state index contributed by atoms with van der Waals surface area (Å²) < 4.78 is 39.0. The topological polar surface area (TPSA) is 93.2 Å². The van der Waals surface area contributed by atoms with Crippen LogP contribution in [0.1, 0.15) is 30.9 Å². The number of ether oxygens (including phenoxy) is 2. The molecule has 0 N–H and O–H groups in total. The summed E-state index contributed by atoms with van der Waals surface area (Å²) in [5.74, 6) is -0.543.